The van der Waals surface area contributed by atoms with Crippen LogP contribution in [0.3, 0.4) is 0 Å². The second kappa shape index (κ2) is 6.47. The van der Waals surface area contributed by atoms with Crippen molar-refractivity contribution in [1.82, 2.24) is 10.3 Å². The third-order valence-electron chi connectivity index (χ3n) is 3.59. The Morgan fingerprint density at radius 3 is 2.95 bits per heavy atom. The van der Waals surface area contributed by atoms with Crippen molar-refractivity contribution in [2.45, 2.75) is 25.8 Å². The van der Waals surface area contributed by atoms with E-state index in [0.29, 0.717) is 12.8 Å². The number of aromatic nitrogens is 1. The lowest BCUT2D eigenvalue weighted by atomic mass is 10.1. The van der Waals surface area contributed by atoms with Crippen molar-refractivity contribution in [2.75, 3.05) is 6.79 Å². The van der Waals surface area contributed by atoms with Gasteiger partial charge < -0.3 is 14.8 Å². The smallest absolute Gasteiger partial charge is 0.231 e. The van der Waals surface area contributed by atoms with E-state index in [0.717, 1.165) is 22.8 Å². The van der Waals surface area contributed by atoms with Gasteiger partial charge in [-0.1, -0.05) is 12.1 Å². The second-order valence-corrected chi connectivity index (χ2v) is 5.23. The molecule has 0 radical (unpaired) electrons. The van der Waals surface area contributed by atoms with E-state index >= 15 is 0 Å². The van der Waals surface area contributed by atoms with Crippen LogP contribution >= 0.6 is 0 Å². The molecule has 0 saturated heterocycles. The zero-order valence-corrected chi connectivity index (χ0v) is 12.4. The highest BCUT2D eigenvalue weighted by atomic mass is 16.7. The van der Waals surface area contributed by atoms with Gasteiger partial charge in [-0.3, -0.25) is 9.78 Å². The van der Waals surface area contributed by atoms with Crippen LogP contribution < -0.4 is 14.8 Å². The van der Waals surface area contributed by atoms with Gasteiger partial charge in [0.05, 0.1) is 11.7 Å². The number of hydrogen-bond donors (Lipinski definition) is 1. The normalized spacial score (nSPS) is 13.7. The zero-order valence-electron chi connectivity index (χ0n) is 12.4. The number of pyridine rings is 1. The predicted octanol–water partition coefficient (Wildman–Crippen LogP) is 2.62. The summed E-state index contributed by atoms with van der Waals surface area (Å²) in [6.07, 6.45) is 2.82. The highest BCUT2D eigenvalue weighted by molar-refractivity contribution is 5.76. The van der Waals surface area contributed by atoms with Crippen LogP contribution in [0.4, 0.5) is 0 Å². The van der Waals surface area contributed by atoms with Crippen molar-refractivity contribution in [3.8, 4) is 11.5 Å². The van der Waals surface area contributed by atoms with Crippen molar-refractivity contribution >= 4 is 5.91 Å². The van der Waals surface area contributed by atoms with Gasteiger partial charge in [-0.2, -0.15) is 0 Å². The molecule has 2 heterocycles. The fourth-order valence-electron chi connectivity index (χ4n) is 2.37. The van der Waals surface area contributed by atoms with E-state index in [1.807, 2.05) is 43.3 Å². The minimum atomic E-state index is -0.0922. The molecule has 1 aromatic heterocycles. The number of aryl methyl sites for hydroxylation is 1. The van der Waals surface area contributed by atoms with E-state index in [-0.39, 0.29) is 18.7 Å². The fraction of sp³-hybridized carbons (Fsp3) is 0.294. The highest BCUT2D eigenvalue weighted by Gasteiger charge is 2.14. The number of carbonyl (C=O) groups is 1. The van der Waals surface area contributed by atoms with Gasteiger partial charge in [-0.05, 0) is 43.2 Å². The van der Waals surface area contributed by atoms with E-state index < -0.39 is 0 Å². The maximum absolute atomic E-state index is 12.0. The molecule has 0 bridgehead atoms. The van der Waals surface area contributed by atoms with Crippen molar-refractivity contribution in [3.05, 3.63) is 53.9 Å². The zero-order chi connectivity index (χ0) is 15.4. The Labute approximate surface area is 129 Å². The lowest BCUT2D eigenvalue weighted by Gasteiger charge is -2.13. The third-order valence-corrected chi connectivity index (χ3v) is 3.59. The van der Waals surface area contributed by atoms with Crippen LogP contribution in [0.1, 0.15) is 30.6 Å². The number of benzene rings is 1. The van der Waals surface area contributed by atoms with Gasteiger partial charge in [-0.25, -0.2) is 0 Å². The van der Waals surface area contributed by atoms with Gasteiger partial charge in [0, 0.05) is 12.6 Å². The molecule has 22 heavy (non-hydrogen) atoms. The van der Waals surface area contributed by atoms with E-state index in [2.05, 4.69) is 10.3 Å². The Hall–Kier alpha value is -2.56. The summed E-state index contributed by atoms with van der Waals surface area (Å²) >= 11 is 0. The van der Waals surface area contributed by atoms with Crippen molar-refractivity contribution in [2.24, 2.45) is 0 Å². The summed E-state index contributed by atoms with van der Waals surface area (Å²) < 4.78 is 10.6. The lowest BCUT2D eigenvalue weighted by Crippen LogP contribution is -2.27. The number of fused-ring (bicyclic) bond motifs is 1. The number of nitrogens with zero attached hydrogens (tertiary/aromatic N) is 1. The molecule has 2 aromatic rings. The average molecular weight is 298 g/mol. The number of ether oxygens (including phenoxy) is 2. The largest absolute Gasteiger partial charge is 0.454 e. The third kappa shape index (κ3) is 3.36. The number of amides is 1. The first-order valence-electron chi connectivity index (χ1n) is 7.31. The SMILES string of the molecule is C[C@@H](NC(=O)CCc1ccc2c(c1)OCO2)c1ccccn1. The van der Waals surface area contributed by atoms with E-state index in [1.54, 1.807) is 6.20 Å². The molecule has 1 amide bonds. The first-order chi connectivity index (χ1) is 10.7. The van der Waals surface area contributed by atoms with Gasteiger partial charge in [0.15, 0.2) is 11.5 Å². The summed E-state index contributed by atoms with van der Waals surface area (Å²) in [7, 11) is 0. The fourth-order valence-corrected chi connectivity index (χ4v) is 2.37. The van der Waals surface area contributed by atoms with E-state index in [1.165, 1.54) is 0 Å². The molecule has 1 aliphatic heterocycles. The van der Waals surface area contributed by atoms with E-state index in [9.17, 15) is 4.79 Å². The van der Waals surface area contributed by atoms with Gasteiger partial charge in [0.25, 0.3) is 0 Å². The van der Waals surface area contributed by atoms with Gasteiger partial charge >= 0.3 is 0 Å². The number of carbonyl (C=O) groups excluding carboxylic acids is 1. The predicted molar refractivity (Wildman–Crippen MR) is 81.7 cm³/mol. The van der Waals surface area contributed by atoms with Crippen molar-refractivity contribution in [1.29, 1.82) is 0 Å². The molecule has 0 spiro atoms. The summed E-state index contributed by atoms with van der Waals surface area (Å²) in [4.78, 5) is 16.3. The molecule has 0 unspecified atom stereocenters. The molecule has 5 nitrogen and oxygen atoms in total. The Morgan fingerprint density at radius 1 is 1.27 bits per heavy atom. The lowest BCUT2D eigenvalue weighted by molar-refractivity contribution is -0.121. The highest BCUT2D eigenvalue weighted by Crippen LogP contribution is 2.32. The molecule has 114 valence electrons. The molecule has 1 aromatic carbocycles. The minimum absolute atomic E-state index is 0.0100. The van der Waals surface area contributed by atoms with E-state index in [4.69, 9.17) is 9.47 Å². The molecule has 1 atom stereocenters. The Morgan fingerprint density at radius 2 is 2.14 bits per heavy atom. The van der Waals surface area contributed by atoms with Crippen LogP contribution in [0.25, 0.3) is 0 Å². The van der Waals surface area contributed by atoms with Gasteiger partial charge in [0.2, 0.25) is 12.7 Å². The van der Waals surface area contributed by atoms with Crippen molar-refractivity contribution in [3.63, 3.8) is 0 Å². The average Bonchev–Trinajstić information content (AvgIpc) is 3.01. The summed E-state index contributed by atoms with van der Waals surface area (Å²) in [5.41, 5.74) is 1.92. The van der Waals surface area contributed by atoms with Crippen LogP contribution in [-0.4, -0.2) is 17.7 Å². The Bertz CT molecular complexity index is 658. The summed E-state index contributed by atoms with van der Waals surface area (Å²) in [5.74, 6) is 1.52. The Kier molecular flexibility index (Phi) is 4.23. The minimum Gasteiger partial charge on any atom is -0.454 e. The number of hydrogen-bond acceptors (Lipinski definition) is 4. The molecular weight excluding hydrogens is 280 g/mol. The summed E-state index contributed by atoms with van der Waals surface area (Å²) in [6, 6.07) is 11.4. The van der Waals surface area contributed by atoms with Crippen LogP contribution in [0.5, 0.6) is 11.5 Å². The Balaban J connectivity index is 1.52. The van der Waals surface area contributed by atoms with Gasteiger partial charge in [0.1, 0.15) is 0 Å². The molecule has 0 aliphatic carbocycles. The number of rotatable bonds is 5. The molecular formula is C17H18N2O3. The topological polar surface area (TPSA) is 60.5 Å². The molecule has 0 fully saturated rings. The van der Waals surface area contributed by atoms with Crippen molar-refractivity contribution < 1.29 is 14.3 Å². The second-order valence-electron chi connectivity index (χ2n) is 5.23. The maximum Gasteiger partial charge on any atom is 0.231 e. The molecule has 0 saturated carbocycles. The molecule has 5 heteroatoms. The number of nitrogens with one attached hydrogen (secondary N) is 1. The maximum atomic E-state index is 12.0. The van der Waals surface area contributed by atoms with Crippen LogP contribution in [-0.2, 0) is 11.2 Å². The van der Waals surface area contributed by atoms with Crippen LogP contribution in [0, 0.1) is 0 Å². The van der Waals surface area contributed by atoms with Gasteiger partial charge in [-0.15, -0.1) is 0 Å². The first kappa shape index (κ1) is 14.4. The first-order valence-corrected chi connectivity index (χ1v) is 7.31. The van der Waals surface area contributed by atoms with Crippen LogP contribution in [0.2, 0.25) is 0 Å². The summed E-state index contributed by atoms with van der Waals surface area (Å²) in [6.45, 7) is 2.20. The van der Waals surface area contributed by atoms with Crippen LogP contribution in [0.15, 0.2) is 42.6 Å². The molecule has 3 rings (SSSR count). The monoisotopic (exact) mass is 298 g/mol. The molecule has 1 aliphatic rings. The summed E-state index contributed by atoms with van der Waals surface area (Å²) in [5, 5.41) is 2.96. The standard InChI is InChI=1S/C17H18N2O3/c1-12(14-4-2-3-9-18-14)19-17(20)8-6-13-5-7-15-16(10-13)22-11-21-15/h2-5,7,9-10,12H,6,8,11H2,1H3,(H,19,20)/t12-/m1/s1. The molecule has 1 N–H and O–H groups in total. The quantitative estimate of drug-likeness (QED) is 0.922.